The number of carboxylic acid groups (broad SMARTS) is 1. The fourth-order valence-corrected chi connectivity index (χ4v) is 1.81. The van der Waals surface area contributed by atoms with Gasteiger partial charge < -0.3 is 19.8 Å². The fourth-order valence-electron chi connectivity index (χ4n) is 1.81. The third-order valence-corrected chi connectivity index (χ3v) is 3.04. The molecule has 0 spiro atoms. The second-order valence-corrected chi connectivity index (χ2v) is 4.54. The Hall–Kier alpha value is -1.14. The van der Waals surface area contributed by atoms with Crippen LogP contribution in [0.15, 0.2) is 0 Å². The number of carbonyl (C=O) groups is 2. The van der Waals surface area contributed by atoms with Crippen LogP contribution in [0.25, 0.3) is 0 Å². The lowest BCUT2D eigenvalue weighted by Crippen LogP contribution is -2.45. The number of carbonyl (C=O) groups excluding carboxylic acids is 1. The molecule has 6 heteroatoms. The summed E-state index contributed by atoms with van der Waals surface area (Å²) in [6, 6.07) is 0. The van der Waals surface area contributed by atoms with Crippen molar-refractivity contribution in [3.05, 3.63) is 0 Å². The summed E-state index contributed by atoms with van der Waals surface area (Å²) in [7, 11) is 3.61. The van der Waals surface area contributed by atoms with Crippen molar-refractivity contribution < 1.29 is 14.7 Å². The number of likely N-dealkylation sites (N-methyl/N-ethyl adjacent to an activating group) is 2. The summed E-state index contributed by atoms with van der Waals surface area (Å²) in [5, 5.41) is 8.57. The molecule has 0 atom stereocenters. The number of aliphatic carboxylic acids is 1. The number of piperazine rings is 1. The van der Waals surface area contributed by atoms with E-state index in [1.54, 1.807) is 0 Å². The maximum Gasteiger partial charge on any atom is 0.323 e. The Morgan fingerprint density at radius 1 is 1.24 bits per heavy atom. The SMILES string of the molecule is CN1CCN(CCC(=O)N(C)CC(=O)O)CC1. The van der Waals surface area contributed by atoms with Crippen LogP contribution >= 0.6 is 0 Å². The van der Waals surface area contributed by atoms with Gasteiger partial charge in [0.25, 0.3) is 0 Å². The summed E-state index contributed by atoms with van der Waals surface area (Å²) in [5.41, 5.74) is 0. The number of nitrogens with zero attached hydrogens (tertiary/aromatic N) is 3. The minimum absolute atomic E-state index is 0.105. The Kier molecular flexibility index (Phi) is 5.37. The second-order valence-electron chi connectivity index (χ2n) is 4.54. The Labute approximate surface area is 102 Å². The molecule has 1 heterocycles. The lowest BCUT2D eigenvalue weighted by Gasteiger charge is -2.32. The first-order valence-electron chi connectivity index (χ1n) is 5.85. The number of hydrogen-bond donors (Lipinski definition) is 1. The summed E-state index contributed by atoms with van der Waals surface area (Å²) in [6.07, 6.45) is 0.396. The molecule has 0 aromatic heterocycles. The molecule has 0 saturated carbocycles. The van der Waals surface area contributed by atoms with E-state index in [-0.39, 0.29) is 12.5 Å². The van der Waals surface area contributed by atoms with Crippen LogP contribution in [0.1, 0.15) is 6.42 Å². The van der Waals surface area contributed by atoms with Gasteiger partial charge in [0.1, 0.15) is 6.54 Å². The van der Waals surface area contributed by atoms with Gasteiger partial charge in [-0.15, -0.1) is 0 Å². The lowest BCUT2D eigenvalue weighted by atomic mass is 10.3. The summed E-state index contributed by atoms with van der Waals surface area (Å²) in [6.45, 7) is 4.51. The third-order valence-electron chi connectivity index (χ3n) is 3.04. The molecule has 17 heavy (non-hydrogen) atoms. The molecule has 0 radical (unpaired) electrons. The molecule has 1 rings (SSSR count). The average molecular weight is 243 g/mol. The summed E-state index contributed by atoms with van der Waals surface area (Å²) in [4.78, 5) is 27.8. The number of rotatable bonds is 5. The smallest absolute Gasteiger partial charge is 0.323 e. The molecular weight excluding hydrogens is 222 g/mol. The molecule has 0 aromatic rings. The van der Waals surface area contributed by atoms with E-state index in [0.29, 0.717) is 6.42 Å². The summed E-state index contributed by atoms with van der Waals surface area (Å²) in [5.74, 6) is -1.08. The predicted molar refractivity (Wildman–Crippen MR) is 63.8 cm³/mol. The molecular formula is C11H21N3O3. The zero-order chi connectivity index (χ0) is 12.8. The molecule has 0 aliphatic carbocycles. The van der Waals surface area contributed by atoms with Crippen LogP contribution in [-0.2, 0) is 9.59 Å². The Balaban J connectivity index is 2.21. The van der Waals surface area contributed by atoms with Crippen LogP contribution in [-0.4, -0.2) is 85.0 Å². The Morgan fingerprint density at radius 2 is 1.82 bits per heavy atom. The molecule has 1 N–H and O–H groups in total. The minimum Gasteiger partial charge on any atom is -0.480 e. The van der Waals surface area contributed by atoms with Crippen LogP contribution in [0, 0.1) is 0 Å². The van der Waals surface area contributed by atoms with E-state index in [1.165, 1.54) is 11.9 Å². The van der Waals surface area contributed by atoms with Gasteiger partial charge in [0.2, 0.25) is 5.91 Å². The van der Waals surface area contributed by atoms with Gasteiger partial charge in [0.15, 0.2) is 0 Å². The highest BCUT2D eigenvalue weighted by atomic mass is 16.4. The first-order chi connectivity index (χ1) is 7.99. The molecule has 98 valence electrons. The Bertz CT molecular complexity index is 275. The second kappa shape index (κ2) is 6.56. The lowest BCUT2D eigenvalue weighted by molar-refractivity contribution is -0.143. The molecule has 1 fully saturated rings. The Morgan fingerprint density at radius 3 is 2.35 bits per heavy atom. The maximum absolute atomic E-state index is 11.6. The highest BCUT2D eigenvalue weighted by Gasteiger charge is 2.16. The van der Waals surface area contributed by atoms with Gasteiger partial charge in [-0.3, -0.25) is 9.59 Å². The van der Waals surface area contributed by atoms with Gasteiger partial charge in [-0.2, -0.15) is 0 Å². The highest BCUT2D eigenvalue weighted by Crippen LogP contribution is 2.01. The molecule has 1 aliphatic heterocycles. The zero-order valence-corrected chi connectivity index (χ0v) is 10.6. The molecule has 1 saturated heterocycles. The van der Waals surface area contributed by atoms with E-state index in [0.717, 1.165) is 32.7 Å². The molecule has 6 nitrogen and oxygen atoms in total. The van der Waals surface area contributed by atoms with Crippen LogP contribution in [0.2, 0.25) is 0 Å². The van der Waals surface area contributed by atoms with E-state index in [9.17, 15) is 9.59 Å². The average Bonchev–Trinajstić information content (AvgIpc) is 2.27. The molecule has 1 amide bonds. The monoisotopic (exact) mass is 243 g/mol. The largest absolute Gasteiger partial charge is 0.480 e. The van der Waals surface area contributed by atoms with E-state index in [4.69, 9.17) is 5.11 Å². The van der Waals surface area contributed by atoms with Crippen molar-refractivity contribution in [2.75, 3.05) is 53.4 Å². The van der Waals surface area contributed by atoms with Gasteiger partial charge in [0.05, 0.1) is 0 Å². The van der Waals surface area contributed by atoms with Gasteiger partial charge >= 0.3 is 5.97 Å². The standard InChI is InChI=1S/C11H21N3O3/c1-12-5-7-14(8-6-12)4-3-10(15)13(2)9-11(16)17/h3-9H2,1-2H3,(H,16,17). The molecule has 0 bridgehead atoms. The molecule has 0 unspecified atom stereocenters. The van der Waals surface area contributed by atoms with Crippen LogP contribution in [0.3, 0.4) is 0 Å². The van der Waals surface area contributed by atoms with Crippen molar-refractivity contribution >= 4 is 11.9 Å². The van der Waals surface area contributed by atoms with Crippen LogP contribution < -0.4 is 0 Å². The fraction of sp³-hybridized carbons (Fsp3) is 0.818. The van der Waals surface area contributed by atoms with Crippen LogP contribution in [0.4, 0.5) is 0 Å². The van der Waals surface area contributed by atoms with E-state index in [1.807, 2.05) is 0 Å². The van der Waals surface area contributed by atoms with Crippen molar-refractivity contribution in [3.63, 3.8) is 0 Å². The summed E-state index contributed by atoms with van der Waals surface area (Å²) >= 11 is 0. The molecule has 1 aliphatic rings. The zero-order valence-electron chi connectivity index (χ0n) is 10.6. The van der Waals surface area contributed by atoms with Crippen molar-refractivity contribution in [1.29, 1.82) is 0 Å². The van der Waals surface area contributed by atoms with Crippen molar-refractivity contribution in [2.45, 2.75) is 6.42 Å². The van der Waals surface area contributed by atoms with E-state index in [2.05, 4.69) is 16.8 Å². The number of amides is 1. The van der Waals surface area contributed by atoms with Gasteiger partial charge in [-0.05, 0) is 7.05 Å². The number of carboxylic acids is 1. The third kappa shape index (κ3) is 5.14. The topological polar surface area (TPSA) is 64.1 Å². The van der Waals surface area contributed by atoms with Gasteiger partial charge in [-0.1, -0.05) is 0 Å². The van der Waals surface area contributed by atoms with Crippen LogP contribution in [0.5, 0.6) is 0 Å². The number of hydrogen-bond acceptors (Lipinski definition) is 4. The summed E-state index contributed by atoms with van der Waals surface area (Å²) < 4.78 is 0. The predicted octanol–water partition coefficient (Wildman–Crippen LogP) is -0.833. The van der Waals surface area contributed by atoms with E-state index >= 15 is 0 Å². The van der Waals surface area contributed by atoms with Crippen molar-refractivity contribution in [1.82, 2.24) is 14.7 Å². The first-order valence-corrected chi connectivity index (χ1v) is 5.85. The van der Waals surface area contributed by atoms with Gasteiger partial charge in [-0.25, -0.2) is 0 Å². The molecule has 0 aromatic carbocycles. The normalized spacial score (nSPS) is 18.0. The highest BCUT2D eigenvalue weighted by molar-refractivity contribution is 5.81. The first kappa shape index (κ1) is 13.9. The maximum atomic E-state index is 11.6. The minimum atomic E-state index is -0.972. The van der Waals surface area contributed by atoms with E-state index < -0.39 is 5.97 Å². The quantitative estimate of drug-likeness (QED) is 0.682. The van der Waals surface area contributed by atoms with Crippen molar-refractivity contribution in [3.8, 4) is 0 Å². The van der Waals surface area contributed by atoms with Crippen molar-refractivity contribution in [2.24, 2.45) is 0 Å². The van der Waals surface area contributed by atoms with Gasteiger partial charge in [0, 0.05) is 46.2 Å².